The molecule has 8 heteroatoms. The summed E-state index contributed by atoms with van der Waals surface area (Å²) in [5.74, 6) is -0.997. The Kier molecular flexibility index (Phi) is 5.27. The summed E-state index contributed by atoms with van der Waals surface area (Å²) >= 11 is 11.8. The maximum atomic E-state index is 13.0. The van der Waals surface area contributed by atoms with Gasteiger partial charge in [-0.3, -0.25) is 19.8 Å². The number of halogens is 2. The standard InChI is InChI=1S/C18H12Br2N2O3S/c1-9-6-11(19)3-4-14(9)22-17(25)12(16(24)21-18(22)26)7-10-2-5-15(23)13(20)8-10/h2-8,23H,1H3,(H,21,24,26)/b12-7+. The molecule has 0 unspecified atom stereocenters. The fourth-order valence-corrected chi connectivity index (χ4v) is 3.67. The van der Waals surface area contributed by atoms with Gasteiger partial charge in [0.05, 0.1) is 10.2 Å². The van der Waals surface area contributed by atoms with Crippen LogP contribution >= 0.6 is 44.1 Å². The van der Waals surface area contributed by atoms with Gasteiger partial charge in [0.25, 0.3) is 11.8 Å². The predicted molar refractivity (Wildman–Crippen MR) is 111 cm³/mol. The lowest BCUT2D eigenvalue weighted by Crippen LogP contribution is -2.54. The molecular formula is C18H12Br2N2O3S. The van der Waals surface area contributed by atoms with Crippen molar-refractivity contribution in [3.8, 4) is 5.75 Å². The Balaban J connectivity index is 2.05. The highest BCUT2D eigenvalue weighted by atomic mass is 79.9. The molecule has 0 aliphatic carbocycles. The largest absolute Gasteiger partial charge is 0.507 e. The van der Waals surface area contributed by atoms with Crippen molar-refractivity contribution in [2.45, 2.75) is 6.92 Å². The number of amides is 2. The van der Waals surface area contributed by atoms with Gasteiger partial charge < -0.3 is 5.11 Å². The molecule has 0 atom stereocenters. The molecule has 1 aliphatic heterocycles. The van der Waals surface area contributed by atoms with Crippen LogP contribution in [0.25, 0.3) is 6.08 Å². The first-order valence-corrected chi connectivity index (χ1v) is 9.43. The van der Waals surface area contributed by atoms with Crippen LogP contribution in [0.5, 0.6) is 5.75 Å². The third-order valence-electron chi connectivity index (χ3n) is 3.78. The second kappa shape index (κ2) is 7.30. The Bertz CT molecular complexity index is 988. The number of nitrogens with one attached hydrogen (secondary N) is 1. The van der Waals surface area contributed by atoms with Crippen LogP contribution in [0, 0.1) is 6.92 Å². The van der Waals surface area contributed by atoms with E-state index in [1.165, 1.54) is 17.0 Å². The highest BCUT2D eigenvalue weighted by Gasteiger charge is 2.35. The minimum Gasteiger partial charge on any atom is -0.507 e. The van der Waals surface area contributed by atoms with Crippen LogP contribution in [0.3, 0.4) is 0 Å². The smallest absolute Gasteiger partial charge is 0.270 e. The summed E-state index contributed by atoms with van der Waals surface area (Å²) in [6.07, 6.45) is 1.46. The molecule has 0 aromatic heterocycles. The summed E-state index contributed by atoms with van der Waals surface area (Å²) in [5.41, 5.74) is 1.98. The second-order valence-corrected chi connectivity index (χ2v) is 7.76. The lowest BCUT2D eigenvalue weighted by molar-refractivity contribution is -0.122. The maximum Gasteiger partial charge on any atom is 0.270 e. The first-order valence-electron chi connectivity index (χ1n) is 7.44. The third kappa shape index (κ3) is 3.58. The zero-order valence-corrected chi connectivity index (χ0v) is 17.4. The number of phenolic OH excluding ortho intramolecular Hbond substituents is 1. The number of carbonyl (C=O) groups is 2. The quantitative estimate of drug-likeness (QED) is 0.374. The number of aryl methyl sites for hydroxylation is 1. The molecule has 0 spiro atoms. The first kappa shape index (κ1) is 18.8. The molecule has 1 aliphatic rings. The SMILES string of the molecule is Cc1cc(Br)ccc1N1C(=O)/C(=C/c2ccc(O)c(Br)c2)C(=O)NC1=S. The summed E-state index contributed by atoms with van der Waals surface area (Å²) in [6.45, 7) is 1.85. The summed E-state index contributed by atoms with van der Waals surface area (Å²) in [7, 11) is 0. The van der Waals surface area contributed by atoms with E-state index in [1.807, 2.05) is 13.0 Å². The van der Waals surface area contributed by atoms with Crippen LogP contribution in [-0.2, 0) is 9.59 Å². The van der Waals surface area contributed by atoms with Crippen LogP contribution in [-0.4, -0.2) is 22.0 Å². The van der Waals surface area contributed by atoms with Gasteiger partial charge in [-0.2, -0.15) is 0 Å². The lowest BCUT2D eigenvalue weighted by Gasteiger charge is -2.30. The number of thiocarbonyl (C=S) groups is 1. The van der Waals surface area contributed by atoms with Crippen molar-refractivity contribution < 1.29 is 14.7 Å². The van der Waals surface area contributed by atoms with Crippen molar-refractivity contribution in [3.63, 3.8) is 0 Å². The van der Waals surface area contributed by atoms with Gasteiger partial charge in [0.2, 0.25) is 0 Å². The zero-order chi connectivity index (χ0) is 19.0. The molecule has 2 aromatic carbocycles. The van der Waals surface area contributed by atoms with E-state index in [0.29, 0.717) is 15.7 Å². The molecule has 0 radical (unpaired) electrons. The van der Waals surface area contributed by atoms with Gasteiger partial charge in [-0.25, -0.2) is 0 Å². The van der Waals surface area contributed by atoms with E-state index in [9.17, 15) is 14.7 Å². The van der Waals surface area contributed by atoms with Crippen LogP contribution < -0.4 is 10.2 Å². The molecule has 2 N–H and O–H groups in total. The van der Waals surface area contributed by atoms with E-state index in [-0.39, 0.29) is 16.4 Å². The Morgan fingerprint density at radius 1 is 1.15 bits per heavy atom. The summed E-state index contributed by atoms with van der Waals surface area (Å²) in [6, 6.07) is 10.1. The molecule has 1 fully saturated rings. The molecule has 2 amide bonds. The van der Waals surface area contributed by atoms with Gasteiger partial charge in [-0.1, -0.05) is 22.0 Å². The normalized spacial score (nSPS) is 16.2. The lowest BCUT2D eigenvalue weighted by atomic mass is 10.1. The number of anilines is 1. The Morgan fingerprint density at radius 2 is 1.88 bits per heavy atom. The summed E-state index contributed by atoms with van der Waals surface area (Å²) in [4.78, 5) is 26.6. The predicted octanol–water partition coefficient (Wildman–Crippen LogP) is 4.06. The zero-order valence-electron chi connectivity index (χ0n) is 13.4. The third-order valence-corrected chi connectivity index (χ3v) is 5.20. The average Bonchev–Trinajstić information content (AvgIpc) is 2.56. The van der Waals surface area contributed by atoms with E-state index in [4.69, 9.17) is 12.2 Å². The fraction of sp³-hybridized carbons (Fsp3) is 0.0556. The number of hydrogen-bond donors (Lipinski definition) is 2. The van der Waals surface area contributed by atoms with E-state index >= 15 is 0 Å². The molecule has 0 saturated carbocycles. The average molecular weight is 496 g/mol. The van der Waals surface area contributed by atoms with Crippen LogP contribution in [0.1, 0.15) is 11.1 Å². The van der Waals surface area contributed by atoms with E-state index < -0.39 is 11.8 Å². The van der Waals surface area contributed by atoms with E-state index in [1.54, 1.807) is 24.3 Å². The van der Waals surface area contributed by atoms with E-state index in [0.717, 1.165) is 10.0 Å². The summed E-state index contributed by atoms with van der Waals surface area (Å²) < 4.78 is 1.34. The highest BCUT2D eigenvalue weighted by molar-refractivity contribution is 9.10. The molecule has 1 heterocycles. The van der Waals surface area contributed by atoms with Crippen LogP contribution in [0.4, 0.5) is 5.69 Å². The van der Waals surface area contributed by atoms with Crippen molar-refractivity contribution in [3.05, 3.63) is 62.0 Å². The monoisotopic (exact) mass is 494 g/mol. The second-order valence-electron chi connectivity index (χ2n) is 5.60. The molecule has 3 rings (SSSR count). The van der Waals surface area contributed by atoms with Crippen LogP contribution in [0.2, 0.25) is 0 Å². The minimum atomic E-state index is -0.560. The first-order chi connectivity index (χ1) is 12.3. The minimum absolute atomic E-state index is 0.0365. The van der Waals surface area contributed by atoms with Gasteiger partial charge in [0.15, 0.2) is 5.11 Å². The van der Waals surface area contributed by atoms with Crippen LogP contribution in [0.15, 0.2) is 50.9 Å². The van der Waals surface area contributed by atoms with E-state index in [2.05, 4.69) is 37.2 Å². The highest BCUT2D eigenvalue weighted by Crippen LogP contribution is 2.29. The van der Waals surface area contributed by atoms with Crippen molar-refractivity contribution in [1.82, 2.24) is 5.32 Å². The van der Waals surface area contributed by atoms with Gasteiger partial charge in [-0.15, -0.1) is 0 Å². The molecular weight excluding hydrogens is 484 g/mol. The van der Waals surface area contributed by atoms with Gasteiger partial charge >= 0.3 is 0 Å². The topological polar surface area (TPSA) is 69.6 Å². The summed E-state index contributed by atoms with van der Waals surface area (Å²) in [5, 5.41) is 12.2. The Morgan fingerprint density at radius 3 is 2.54 bits per heavy atom. The number of hydrogen-bond acceptors (Lipinski definition) is 4. The number of benzene rings is 2. The van der Waals surface area contributed by atoms with Crippen molar-refractivity contribution >= 4 is 72.8 Å². The van der Waals surface area contributed by atoms with Crippen molar-refractivity contribution in [2.75, 3.05) is 4.90 Å². The van der Waals surface area contributed by atoms with Crippen molar-refractivity contribution in [2.24, 2.45) is 0 Å². The molecule has 26 heavy (non-hydrogen) atoms. The van der Waals surface area contributed by atoms with Gasteiger partial charge in [0.1, 0.15) is 11.3 Å². The Labute approximate surface area is 172 Å². The van der Waals surface area contributed by atoms with Crippen molar-refractivity contribution in [1.29, 1.82) is 0 Å². The molecule has 1 saturated heterocycles. The number of aromatic hydroxyl groups is 1. The molecule has 5 nitrogen and oxygen atoms in total. The maximum absolute atomic E-state index is 13.0. The number of carbonyl (C=O) groups excluding carboxylic acids is 2. The fourth-order valence-electron chi connectivity index (χ4n) is 2.53. The number of rotatable bonds is 2. The molecule has 0 bridgehead atoms. The Hall–Kier alpha value is -2.03. The molecule has 2 aromatic rings. The number of nitrogens with zero attached hydrogens (tertiary/aromatic N) is 1. The molecule has 132 valence electrons. The van der Waals surface area contributed by atoms with Gasteiger partial charge in [-0.05, 0) is 82.6 Å². The van der Waals surface area contributed by atoms with Gasteiger partial charge in [0, 0.05) is 4.47 Å². The number of phenols is 1.